The second-order valence-electron chi connectivity index (χ2n) is 6.77. The third kappa shape index (κ3) is 3.03. The molecule has 2 aromatic rings. The molecule has 0 amide bonds. The molecule has 1 aromatic heterocycles. The minimum absolute atomic E-state index is 0.398. The Labute approximate surface area is 127 Å². The van der Waals surface area contributed by atoms with Gasteiger partial charge in [-0.05, 0) is 36.1 Å². The predicted octanol–water partition coefficient (Wildman–Crippen LogP) is 3.58. The van der Waals surface area contributed by atoms with E-state index in [0.29, 0.717) is 5.41 Å². The summed E-state index contributed by atoms with van der Waals surface area (Å²) in [5.41, 5.74) is 2.85. The van der Waals surface area contributed by atoms with Crippen LogP contribution in [0.4, 0.5) is 5.82 Å². The van der Waals surface area contributed by atoms with Gasteiger partial charge in [0.2, 0.25) is 0 Å². The lowest BCUT2D eigenvalue weighted by atomic mass is 9.93. The molecule has 1 aliphatic heterocycles. The number of nitrogens with zero attached hydrogens (tertiary/aromatic N) is 2. The molecule has 0 saturated carbocycles. The molecule has 1 N–H and O–H groups in total. The fourth-order valence-corrected chi connectivity index (χ4v) is 3.11. The second kappa shape index (κ2) is 5.64. The third-order valence-electron chi connectivity index (χ3n) is 4.36. The number of nitrogens with one attached hydrogen (secondary N) is 1. The number of rotatable bonds is 4. The molecule has 0 radical (unpaired) electrons. The normalized spacial score (nSPS) is 17.6. The maximum atomic E-state index is 4.89. The van der Waals surface area contributed by atoms with Crippen molar-refractivity contribution < 1.29 is 0 Å². The van der Waals surface area contributed by atoms with Crippen molar-refractivity contribution in [3.05, 3.63) is 35.9 Å². The number of fused-ring (bicyclic) bond motifs is 1. The van der Waals surface area contributed by atoms with Gasteiger partial charge in [-0.15, -0.1) is 0 Å². The fraction of sp³-hybridized carbons (Fsp3) is 0.500. The van der Waals surface area contributed by atoms with Crippen LogP contribution in [0.15, 0.2) is 30.3 Å². The first-order chi connectivity index (χ1) is 10.1. The lowest BCUT2D eigenvalue weighted by molar-refractivity contribution is 0.418. The molecule has 0 unspecified atom stereocenters. The smallest absolute Gasteiger partial charge is 0.129 e. The van der Waals surface area contributed by atoms with Gasteiger partial charge in [-0.3, -0.25) is 0 Å². The molecule has 0 aliphatic carbocycles. The summed E-state index contributed by atoms with van der Waals surface area (Å²) in [6, 6.07) is 10.7. The van der Waals surface area contributed by atoms with Gasteiger partial charge in [0.05, 0.1) is 5.52 Å². The van der Waals surface area contributed by atoms with Gasteiger partial charge in [0.15, 0.2) is 0 Å². The first-order valence-electron chi connectivity index (χ1n) is 7.93. The van der Waals surface area contributed by atoms with E-state index >= 15 is 0 Å². The van der Waals surface area contributed by atoms with E-state index in [4.69, 9.17) is 4.98 Å². The van der Waals surface area contributed by atoms with Crippen molar-refractivity contribution >= 4 is 16.7 Å². The Bertz CT molecular complexity index is 633. The van der Waals surface area contributed by atoms with E-state index in [1.165, 1.54) is 17.4 Å². The summed E-state index contributed by atoms with van der Waals surface area (Å²) in [6.45, 7) is 10.9. The standard InChI is InChI=1S/C18H25N3/c1-4-19-12-14-11-17(21-10-9-18(2,3)13-21)20-16-8-6-5-7-15(14)16/h5-8,11,19H,4,9-10,12-13H2,1-3H3. The van der Waals surface area contributed by atoms with E-state index in [9.17, 15) is 0 Å². The molecule has 2 heterocycles. The number of aromatic nitrogens is 1. The molecular formula is C18H25N3. The summed E-state index contributed by atoms with van der Waals surface area (Å²) in [6.07, 6.45) is 1.24. The van der Waals surface area contributed by atoms with Crippen LogP contribution >= 0.6 is 0 Å². The largest absolute Gasteiger partial charge is 0.356 e. The lowest BCUT2D eigenvalue weighted by Gasteiger charge is -2.22. The highest BCUT2D eigenvalue weighted by Crippen LogP contribution is 2.33. The molecule has 3 heteroatoms. The van der Waals surface area contributed by atoms with Crippen LogP contribution in [0.25, 0.3) is 10.9 Å². The average molecular weight is 283 g/mol. The molecule has 1 aliphatic rings. The Kier molecular flexibility index (Phi) is 3.85. The highest BCUT2D eigenvalue weighted by atomic mass is 15.2. The number of anilines is 1. The van der Waals surface area contributed by atoms with Gasteiger partial charge in [-0.2, -0.15) is 0 Å². The minimum atomic E-state index is 0.398. The summed E-state index contributed by atoms with van der Waals surface area (Å²) >= 11 is 0. The molecule has 21 heavy (non-hydrogen) atoms. The van der Waals surface area contributed by atoms with Crippen LogP contribution in [-0.4, -0.2) is 24.6 Å². The van der Waals surface area contributed by atoms with Crippen LogP contribution in [0.1, 0.15) is 32.8 Å². The zero-order valence-corrected chi connectivity index (χ0v) is 13.3. The topological polar surface area (TPSA) is 28.2 Å². The highest BCUT2D eigenvalue weighted by Gasteiger charge is 2.30. The summed E-state index contributed by atoms with van der Waals surface area (Å²) in [7, 11) is 0. The SMILES string of the molecule is CCNCc1cc(N2CCC(C)(C)C2)nc2ccccc12. The Hall–Kier alpha value is -1.61. The number of hydrogen-bond acceptors (Lipinski definition) is 3. The molecule has 1 fully saturated rings. The zero-order valence-electron chi connectivity index (χ0n) is 13.3. The van der Waals surface area contributed by atoms with Crippen LogP contribution in [-0.2, 0) is 6.54 Å². The molecule has 0 spiro atoms. The van der Waals surface area contributed by atoms with Gasteiger partial charge in [-0.1, -0.05) is 39.0 Å². The average Bonchev–Trinajstić information content (AvgIpc) is 2.84. The van der Waals surface area contributed by atoms with E-state index < -0.39 is 0 Å². The van der Waals surface area contributed by atoms with Gasteiger partial charge in [-0.25, -0.2) is 4.98 Å². The Morgan fingerprint density at radius 1 is 1.29 bits per heavy atom. The number of pyridine rings is 1. The zero-order chi connectivity index (χ0) is 14.9. The van der Waals surface area contributed by atoms with E-state index in [1.54, 1.807) is 0 Å². The summed E-state index contributed by atoms with van der Waals surface area (Å²) in [4.78, 5) is 7.32. The maximum Gasteiger partial charge on any atom is 0.129 e. The molecule has 112 valence electrons. The van der Waals surface area contributed by atoms with Crippen molar-refractivity contribution in [1.29, 1.82) is 0 Å². The highest BCUT2D eigenvalue weighted by molar-refractivity contribution is 5.84. The summed E-state index contributed by atoms with van der Waals surface area (Å²) in [5, 5.41) is 4.71. The van der Waals surface area contributed by atoms with E-state index in [2.05, 4.69) is 61.3 Å². The van der Waals surface area contributed by atoms with Crippen molar-refractivity contribution in [2.24, 2.45) is 5.41 Å². The van der Waals surface area contributed by atoms with E-state index in [-0.39, 0.29) is 0 Å². The monoisotopic (exact) mass is 283 g/mol. The summed E-state index contributed by atoms with van der Waals surface area (Å²) < 4.78 is 0. The minimum Gasteiger partial charge on any atom is -0.356 e. The number of hydrogen-bond donors (Lipinski definition) is 1. The van der Waals surface area contributed by atoms with Crippen LogP contribution in [0, 0.1) is 5.41 Å². The van der Waals surface area contributed by atoms with Gasteiger partial charge in [0.25, 0.3) is 0 Å². The van der Waals surface area contributed by atoms with Crippen molar-refractivity contribution in [3.8, 4) is 0 Å². The van der Waals surface area contributed by atoms with Crippen LogP contribution in [0.5, 0.6) is 0 Å². The Balaban J connectivity index is 1.99. The predicted molar refractivity (Wildman–Crippen MR) is 89.7 cm³/mol. The van der Waals surface area contributed by atoms with Gasteiger partial charge < -0.3 is 10.2 Å². The number of benzene rings is 1. The van der Waals surface area contributed by atoms with Crippen molar-refractivity contribution in [2.75, 3.05) is 24.5 Å². The lowest BCUT2D eigenvalue weighted by Crippen LogP contribution is -2.24. The molecule has 1 saturated heterocycles. The quantitative estimate of drug-likeness (QED) is 0.929. The van der Waals surface area contributed by atoms with Crippen molar-refractivity contribution in [2.45, 2.75) is 33.7 Å². The molecular weight excluding hydrogens is 258 g/mol. The third-order valence-corrected chi connectivity index (χ3v) is 4.36. The Morgan fingerprint density at radius 3 is 2.81 bits per heavy atom. The number of para-hydroxylation sites is 1. The van der Waals surface area contributed by atoms with Crippen LogP contribution in [0.3, 0.4) is 0 Å². The fourth-order valence-electron chi connectivity index (χ4n) is 3.11. The Morgan fingerprint density at radius 2 is 2.10 bits per heavy atom. The first-order valence-corrected chi connectivity index (χ1v) is 7.93. The van der Waals surface area contributed by atoms with Gasteiger partial charge in [0.1, 0.15) is 5.82 Å². The molecule has 3 rings (SSSR count). The van der Waals surface area contributed by atoms with E-state index in [0.717, 1.165) is 37.5 Å². The molecule has 0 bridgehead atoms. The van der Waals surface area contributed by atoms with Crippen molar-refractivity contribution in [3.63, 3.8) is 0 Å². The van der Waals surface area contributed by atoms with Crippen LogP contribution < -0.4 is 10.2 Å². The van der Waals surface area contributed by atoms with E-state index in [1.807, 2.05) is 0 Å². The van der Waals surface area contributed by atoms with Gasteiger partial charge in [0, 0.05) is 25.0 Å². The molecule has 1 aromatic carbocycles. The van der Waals surface area contributed by atoms with Gasteiger partial charge >= 0.3 is 0 Å². The molecule has 0 atom stereocenters. The molecule has 3 nitrogen and oxygen atoms in total. The van der Waals surface area contributed by atoms with Crippen LogP contribution in [0.2, 0.25) is 0 Å². The van der Waals surface area contributed by atoms with Crippen molar-refractivity contribution in [1.82, 2.24) is 10.3 Å². The summed E-state index contributed by atoms with van der Waals surface area (Å²) in [5.74, 6) is 1.13. The first kappa shape index (κ1) is 14.3. The second-order valence-corrected chi connectivity index (χ2v) is 6.77. The maximum absolute atomic E-state index is 4.89.